The first-order valence-electron chi connectivity index (χ1n) is 11.0. The Morgan fingerprint density at radius 1 is 0.914 bits per heavy atom. The summed E-state index contributed by atoms with van der Waals surface area (Å²) in [6.07, 6.45) is 4.78. The van der Waals surface area contributed by atoms with E-state index in [4.69, 9.17) is 4.74 Å². The molecule has 2 heterocycles. The van der Waals surface area contributed by atoms with E-state index in [2.05, 4.69) is 14.3 Å². The Morgan fingerprint density at radius 3 is 2.09 bits per heavy atom. The lowest BCUT2D eigenvalue weighted by Crippen LogP contribution is -2.51. The maximum atomic E-state index is 12.9. The summed E-state index contributed by atoms with van der Waals surface area (Å²) >= 11 is 0. The first kappa shape index (κ1) is 27.3. The molecule has 0 atom stereocenters. The molecule has 1 fully saturated rings. The third kappa shape index (κ3) is 7.33. The Hall–Kier alpha value is -2.34. The number of ether oxygens (including phenoxy) is 1. The number of ketones is 1. The molecular weight excluding hydrogens is 514 g/mol. The zero-order valence-corrected chi connectivity index (χ0v) is 22.1. The van der Waals surface area contributed by atoms with Gasteiger partial charge in [-0.05, 0) is 42.3 Å². The standard InChI is InChI=1S/C23H29N3O6S2.ClH/c1-33(28,29)24-18-5-3-17(4-6-18)9-12-26-13-10-23(11-14-26)16-21(27)20-15-19(25-34(2,30)31)7-8-22(20)32-23;/h3-8,15,24-25H,9-14,16H2,1-2H3;1H. The minimum Gasteiger partial charge on any atom is -0.486 e. The highest BCUT2D eigenvalue weighted by molar-refractivity contribution is 7.92. The molecule has 2 aromatic rings. The molecule has 1 saturated heterocycles. The summed E-state index contributed by atoms with van der Waals surface area (Å²) in [7, 11) is -6.71. The quantitative estimate of drug-likeness (QED) is 0.550. The highest BCUT2D eigenvalue weighted by Gasteiger charge is 2.42. The number of hydrogen-bond acceptors (Lipinski definition) is 7. The lowest BCUT2D eigenvalue weighted by Gasteiger charge is -2.44. The number of carbonyl (C=O) groups excluding carboxylic acids is 1. The minimum atomic E-state index is -3.42. The number of sulfonamides is 2. The van der Waals surface area contributed by atoms with Crippen LogP contribution in [0.5, 0.6) is 5.75 Å². The van der Waals surface area contributed by atoms with E-state index in [1.165, 1.54) is 6.07 Å². The van der Waals surface area contributed by atoms with Crippen molar-refractivity contribution in [3.8, 4) is 5.75 Å². The average Bonchev–Trinajstić information content (AvgIpc) is 2.73. The van der Waals surface area contributed by atoms with Crippen molar-refractivity contribution in [1.82, 2.24) is 4.90 Å². The van der Waals surface area contributed by atoms with Gasteiger partial charge < -0.3 is 9.64 Å². The second-order valence-electron chi connectivity index (χ2n) is 9.13. The molecule has 1 spiro atoms. The van der Waals surface area contributed by atoms with Gasteiger partial charge in [0.05, 0.1) is 24.5 Å². The van der Waals surface area contributed by atoms with Gasteiger partial charge in [0.2, 0.25) is 20.0 Å². The Bertz CT molecular complexity index is 1290. The third-order valence-corrected chi connectivity index (χ3v) is 7.35. The van der Waals surface area contributed by atoms with Crippen molar-refractivity contribution in [3.05, 3.63) is 53.6 Å². The van der Waals surface area contributed by atoms with E-state index >= 15 is 0 Å². The van der Waals surface area contributed by atoms with Crippen LogP contribution in [0.25, 0.3) is 0 Å². The molecule has 0 unspecified atom stereocenters. The lowest BCUT2D eigenvalue weighted by atomic mass is 9.82. The molecule has 4 rings (SSSR count). The highest BCUT2D eigenvalue weighted by Crippen LogP contribution is 2.40. The number of fused-ring (bicyclic) bond motifs is 1. The zero-order chi connectivity index (χ0) is 24.6. The lowest BCUT2D eigenvalue weighted by molar-refractivity contribution is -0.00865. The van der Waals surface area contributed by atoms with E-state index in [1.807, 2.05) is 12.1 Å². The molecule has 35 heavy (non-hydrogen) atoms. The van der Waals surface area contributed by atoms with E-state index in [0.29, 0.717) is 22.7 Å². The van der Waals surface area contributed by atoms with Crippen molar-refractivity contribution in [2.75, 3.05) is 41.6 Å². The Kier molecular flexibility index (Phi) is 8.05. The summed E-state index contributed by atoms with van der Waals surface area (Å²) in [5.74, 6) is 0.473. The fourth-order valence-corrected chi connectivity index (χ4v) is 5.59. The van der Waals surface area contributed by atoms with Crippen LogP contribution in [0, 0.1) is 0 Å². The largest absolute Gasteiger partial charge is 0.486 e. The number of benzene rings is 2. The molecule has 0 amide bonds. The van der Waals surface area contributed by atoms with Crippen molar-refractivity contribution in [1.29, 1.82) is 0 Å². The minimum absolute atomic E-state index is 0. The number of halogens is 1. The number of Topliss-reactive ketones (excluding diaryl/α,β-unsaturated/α-hetero) is 1. The number of anilines is 2. The van der Waals surface area contributed by atoms with E-state index in [0.717, 1.165) is 57.0 Å². The summed E-state index contributed by atoms with van der Waals surface area (Å²) < 4.78 is 56.8. The fraction of sp³-hybridized carbons (Fsp3) is 0.435. The van der Waals surface area contributed by atoms with Gasteiger partial charge in [0.25, 0.3) is 0 Å². The van der Waals surface area contributed by atoms with Crippen molar-refractivity contribution >= 4 is 49.6 Å². The topological polar surface area (TPSA) is 122 Å². The molecule has 0 saturated carbocycles. The van der Waals surface area contributed by atoms with Gasteiger partial charge in [0, 0.05) is 43.9 Å². The molecule has 2 aliphatic rings. The normalized spacial score (nSPS) is 17.7. The van der Waals surface area contributed by atoms with E-state index in [-0.39, 0.29) is 24.6 Å². The molecule has 2 aromatic carbocycles. The van der Waals surface area contributed by atoms with Crippen LogP contribution in [0.4, 0.5) is 11.4 Å². The van der Waals surface area contributed by atoms with Crippen molar-refractivity contribution in [3.63, 3.8) is 0 Å². The molecule has 2 aliphatic heterocycles. The van der Waals surface area contributed by atoms with Crippen LogP contribution in [0.15, 0.2) is 42.5 Å². The molecule has 12 heteroatoms. The summed E-state index contributed by atoms with van der Waals surface area (Å²) in [6, 6.07) is 12.2. The molecule has 0 aliphatic carbocycles. The smallest absolute Gasteiger partial charge is 0.229 e. The highest BCUT2D eigenvalue weighted by atomic mass is 35.5. The number of nitrogens with one attached hydrogen (secondary N) is 2. The van der Waals surface area contributed by atoms with Crippen LogP contribution in [0.2, 0.25) is 0 Å². The first-order valence-corrected chi connectivity index (χ1v) is 14.8. The van der Waals surface area contributed by atoms with E-state index < -0.39 is 25.6 Å². The van der Waals surface area contributed by atoms with Gasteiger partial charge in [-0.1, -0.05) is 12.1 Å². The van der Waals surface area contributed by atoms with Gasteiger partial charge in [0.15, 0.2) is 5.78 Å². The number of hydrogen-bond donors (Lipinski definition) is 2. The molecule has 0 aromatic heterocycles. The Balaban J connectivity index is 0.00000342. The first-order chi connectivity index (χ1) is 15.9. The Morgan fingerprint density at radius 2 is 1.49 bits per heavy atom. The van der Waals surface area contributed by atoms with Crippen LogP contribution in [-0.2, 0) is 26.5 Å². The molecular formula is C23H30ClN3O6S2. The summed E-state index contributed by atoms with van der Waals surface area (Å²) in [5, 5.41) is 0. The SMILES string of the molecule is CS(=O)(=O)Nc1ccc(CCN2CCC3(CC2)CC(=O)c2cc(NS(C)(=O)=O)ccc2O3)cc1.Cl. The zero-order valence-electron chi connectivity index (χ0n) is 19.6. The van der Waals surface area contributed by atoms with Crippen LogP contribution < -0.4 is 14.2 Å². The van der Waals surface area contributed by atoms with Gasteiger partial charge in [-0.25, -0.2) is 16.8 Å². The summed E-state index contributed by atoms with van der Waals surface area (Å²) in [4.78, 5) is 15.2. The van der Waals surface area contributed by atoms with Gasteiger partial charge in [0.1, 0.15) is 11.4 Å². The number of nitrogens with zero attached hydrogens (tertiary/aromatic N) is 1. The van der Waals surface area contributed by atoms with Gasteiger partial charge in [-0.3, -0.25) is 14.2 Å². The van der Waals surface area contributed by atoms with Crippen LogP contribution >= 0.6 is 12.4 Å². The summed E-state index contributed by atoms with van der Waals surface area (Å²) in [5.41, 5.74) is 1.91. The van der Waals surface area contributed by atoms with Gasteiger partial charge in [-0.2, -0.15) is 0 Å². The van der Waals surface area contributed by atoms with Gasteiger partial charge >= 0.3 is 0 Å². The second-order valence-corrected chi connectivity index (χ2v) is 12.6. The number of piperidine rings is 1. The van der Waals surface area contributed by atoms with E-state index in [9.17, 15) is 21.6 Å². The molecule has 2 N–H and O–H groups in total. The average molecular weight is 544 g/mol. The monoisotopic (exact) mass is 543 g/mol. The maximum Gasteiger partial charge on any atom is 0.229 e. The molecule has 192 valence electrons. The predicted octanol–water partition coefficient (Wildman–Crippen LogP) is 2.89. The van der Waals surface area contributed by atoms with Crippen LogP contribution in [0.3, 0.4) is 0 Å². The van der Waals surface area contributed by atoms with Crippen LogP contribution in [0.1, 0.15) is 35.2 Å². The maximum absolute atomic E-state index is 12.9. The third-order valence-electron chi connectivity index (χ3n) is 6.13. The van der Waals surface area contributed by atoms with Crippen molar-refractivity contribution in [2.45, 2.75) is 31.3 Å². The predicted molar refractivity (Wildman–Crippen MR) is 139 cm³/mol. The molecule has 9 nitrogen and oxygen atoms in total. The molecule has 0 bridgehead atoms. The van der Waals surface area contributed by atoms with Crippen LogP contribution in [-0.4, -0.2) is 65.3 Å². The summed E-state index contributed by atoms with van der Waals surface area (Å²) in [6.45, 7) is 2.48. The van der Waals surface area contributed by atoms with Gasteiger partial charge in [-0.15, -0.1) is 12.4 Å². The van der Waals surface area contributed by atoms with Crippen molar-refractivity contribution < 1.29 is 26.4 Å². The number of likely N-dealkylation sites (tertiary alicyclic amines) is 1. The number of carbonyl (C=O) groups is 1. The Labute approximate surface area is 212 Å². The molecule has 0 radical (unpaired) electrons. The fourth-order valence-electron chi connectivity index (χ4n) is 4.48. The van der Waals surface area contributed by atoms with E-state index in [1.54, 1.807) is 24.3 Å². The van der Waals surface area contributed by atoms with Crippen molar-refractivity contribution in [2.24, 2.45) is 0 Å². The number of rotatable bonds is 7. The second kappa shape index (κ2) is 10.3.